The molecule has 0 radical (unpaired) electrons. The molecule has 1 aromatic rings. The first-order valence-electron chi connectivity index (χ1n) is 4.22. The van der Waals surface area contributed by atoms with Crippen molar-refractivity contribution in [3.63, 3.8) is 0 Å². The third kappa shape index (κ3) is 2.02. The lowest BCUT2D eigenvalue weighted by Gasteiger charge is -2.08. The summed E-state index contributed by atoms with van der Waals surface area (Å²) in [6.07, 6.45) is 0. The summed E-state index contributed by atoms with van der Waals surface area (Å²) in [6, 6.07) is 6.16. The predicted molar refractivity (Wildman–Crippen MR) is 55.0 cm³/mol. The van der Waals surface area contributed by atoms with E-state index < -0.39 is 0 Å². The molecule has 0 aliphatic rings. The van der Waals surface area contributed by atoms with E-state index in [0.29, 0.717) is 0 Å². The van der Waals surface area contributed by atoms with E-state index >= 15 is 0 Å². The Morgan fingerprint density at radius 3 is 2.15 bits per heavy atom. The summed E-state index contributed by atoms with van der Waals surface area (Å²) in [5.41, 5.74) is 3.12. The highest BCUT2D eigenvalue weighted by Gasteiger charge is 2.07. The minimum absolute atomic E-state index is 0.0605. The van der Waals surface area contributed by atoms with Crippen molar-refractivity contribution in [2.45, 2.75) is 26.7 Å². The number of hydrogen-bond donors (Lipinski definition) is 0. The molecule has 68 valence electrons. The van der Waals surface area contributed by atoms with Crippen LogP contribution >= 0.6 is 11.6 Å². The molecule has 0 bridgehead atoms. The normalized spacial score (nSPS) is 12.2. The fourth-order valence-electron chi connectivity index (χ4n) is 1.30. The lowest BCUT2D eigenvalue weighted by atomic mass is 9.98. The van der Waals surface area contributed by atoms with Gasteiger partial charge in [-0.15, -0.1) is 0 Å². The van der Waals surface area contributed by atoms with Crippen LogP contribution in [-0.2, 0) is 0 Å². The Bertz CT molecular complexity index is 340. The molecule has 0 heterocycles. The SMILES string of the molecule is Cc1cc(C(C)C#N)cc(C)c1Cl. The van der Waals surface area contributed by atoms with Crippen LogP contribution in [0.25, 0.3) is 0 Å². The van der Waals surface area contributed by atoms with Gasteiger partial charge in [-0.2, -0.15) is 5.26 Å². The Morgan fingerprint density at radius 1 is 1.31 bits per heavy atom. The van der Waals surface area contributed by atoms with E-state index in [0.717, 1.165) is 21.7 Å². The Balaban J connectivity index is 3.22. The first kappa shape index (κ1) is 10.1. The van der Waals surface area contributed by atoms with Gasteiger partial charge in [0, 0.05) is 5.02 Å². The van der Waals surface area contributed by atoms with Gasteiger partial charge < -0.3 is 0 Å². The van der Waals surface area contributed by atoms with Crippen LogP contribution in [0.15, 0.2) is 12.1 Å². The molecule has 0 N–H and O–H groups in total. The van der Waals surface area contributed by atoms with Gasteiger partial charge in [-0.1, -0.05) is 23.7 Å². The van der Waals surface area contributed by atoms with Crippen LogP contribution in [0, 0.1) is 25.2 Å². The zero-order valence-corrected chi connectivity index (χ0v) is 8.81. The van der Waals surface area contributed by atoms with Crippen LogP contribution in [-0.4, -0.2) is 0 Å². The summed E-state index contributed by atoms with van der Waals surface area (Å²) in [6.45, 7) is 5.81. The molecule has 1 atom stereocenters. The fraction of sp³-hybridized carbons (Fsp3) is 0.364. The minimum atomic E-state index is -0.0605. The van der Waals surface area contributed by atoms with Crippen LogP contribution < -0.4 is 0 Å². The minimum Gasteiger partial charge on any atom is -0.198 e. The third-order valence-corrected chi connectivity index (χ3v) is 2.75. The van der Waals surface area contributed by atoms with Crippen molar-refractivity contribution in [3.8, 4) is 6.07 Å². The quantitative estimate of drug-likeness (QED) is 0.669. The Hall–Kier alpha value is -1.000. The molecule has 0 amide bonds. The van der Waals surface area contributed by atoms with E-state index in [4.69, 9.17) is 16.9 Å². The van der Waals surface area contributed by atoms with Crippen molar-refractivity contribution in [3.05, 3.63) is 33.8 Å². The van der Waals surface area contributed by atoms with Crippen LogP contribution in [0.5, 0.6) is 0 Å². The standard InChI is InChI=1S/C11H12ClN/c1-7-4-10(9(3)6-13)5-8(2)11(7)12/h4-5,9H,1-3H3. The molecular weight excluding hydrogens is 182 g/mol. The summed E-state index contributed by atoms with van der Waals surface area (Å²) >= 11 is 6.01. The summed E-state index contributed by atoms with van der Waals surface area (Å²) < 4.78 is 0. The lowest BCUT2D eigenvalue weighted by Crippen LogP contribution is -1.92. The van der Waals surface area contributed by atoms with E-state index in [1.165, 1.54) is 0 Å². The van der Waals surface area contributed by atoms with E-state index in [1.807, 2.05) is 32.9 Å². The maximum Gasteiger partial charge on any atom is 0.0700 e. The molecule has 13 heavy (non-hydrogen) atoms. The smallest absolute Gasteiger partial charge is 0.0700 e. The number of hydrogen-bond acceptors (Lipinski definition) is 1. The molecule has 0 aliphatic carbocycles. The van der Waals surface area contributed by atoms with Crippen molar-refractivity contribution >= 4 is 11.6 Å². The lowest BCUT2D eigenvalue weighted by molar-refractivity contribution is 0.975. The molecule has 1 unspecified atom stereocenters. The van der Waals surface area contributed by atoms with E-state index in [-0.39, 0.29) is 5.92 Å². The Morgan fingerprint density at radius 2 is 1.77 bits per heavy atom. The second-order valence-electron chi connectivity index (χ2n) is 3.32. The van der Waals surface area contributed by atoms with Crippen molar-refractivity contribution in [1.29, 1.82) is 5.26 Å². The van der Waals surface area contributed by atoms with Gasteiger partial charge in [0.2, 0.25) is 0 Å². The molecule has 0 fully saturated rings. The van der Waals surface area contributed by atoms with E-state index in [9.17, 15) is 0 Å². The Labute approximate surface area is 84.0 Å². The second-order valence-corrected chi connectivity index (χ2v) is 3.70. The van der Waals surface area contributed by atoms with Gasteiger partial charge in [0.25, 0.3) is 0 Å². The van der Waals surface area contributed by atoms with E-state index in [1.54, 1.807) is 0 Å². The van der Waals surface area contributed by atoms with Crippen molar-refractivity contribution in [2.24, 2.45) is 0 Å². The number of rotatable bonds is 1. The number of nitriles is 1. The van der Waals surface area contributed by atoms with Crippen LogP contribution in [0.3, 0.4) is 0 Å². The highest BCUT2D eigenvalue weighted by molar-refractivity contribution is 6.32. The van der Waals surface area contributed by atoms with Gasteiger partial charge in [-0.25, -0.2) is 0 Å². The van der Waals surface area contributed by atoms with Gasteiger partial charge in [0.15, 0.2) is 0 Å². The highest BCUT2D eigenvalue weighted by Crippen LogP contribution is 2.25. The molecule has 0 saturated carbocycles. The molecule has 1 rings (SSSR count). The van der Waals surface area contributed by atoms with Crippen molar-refractivity contribution < 1.29 is 0 Å². The Kier molecular flexibility index (Phi) is 2.95. The van der Waals surface area contributed by atoms with E-state index in [2.05, 4.69) is 6.07 Å². The molecule has 2 heteroatoms. The zero-order chi connectivity index (χ0) is 10.0. The second kappa shape index (κ2) is 3.81. The van der Waals surface area contributed by atoms with Crippen molar-refractivity contribution in [2.75, 3.05) is 0 Å². The predicted octanol–water partition coefficient (Wildman–Crippen LogP) is 3.58. The monoisotopic (exact) mass is 193 g/mol. The van der Waals surface area contributed by atoms with Gasteiger partial charge in [-0.05, 0) is 37.5 Å². The molecule has 0 spiro atoms. The first-order valence-corrected chi connectivity index (χ1v) is 4.60. The van der Waals surface area contributed by atoms with Crippen LogP contribution in [0.4, 0.5) is 0 Å². The summed E-state index contributed by atoms with van der Waals surface area (Å²) in [4.78, 5) is 0. The number of benzene rings is 1. The van der Waals surface area contributed by atoms with Gasteiger partial charge >= 0.3 is 0 Å². The maximum atomic E-state index is 8.76. The fourth-order valence-corrected chi connectivity index (χ4v) is 1.41. The van der Waals surface area contributed by atoms with Crippen molar-refractivity contribution in [1.82, 2.24) is 0 Å². The summed E-state index contributed by atoms with van der Waals surface area (Å²) in [5.74, 6) is -0.0605. The topological polar surface area (TPSA) is 23.8 Å². The molecule has 1 aromatic carbocycles. The summed E-state index contributed by atoms with van der Waals surface area (Å²) in [7, 11) is 0. The third-order valence-electron chi connectivity index (χ3n) is 2.15. The van der Waals surface area contributed by atoms with Gasteiger partial charge in [-0.3, -0.25) is 0 Å². The molecular formula is C11H12ClN. The molecule has 0 aromatic heterocycles. The molecule has 0 aliphatic heterocycles. The van der Waals surface area contributed by atoms with Gasteiger partial charge in [0.05, 0.1) is 12.0 Å². The summed E-state index contributed by atoms with van der Waals surface area (Å²) in [5, 5.41) is 9.56. The molecule has 0 saturated heterocycles. The van der Waals surface area contributed by atoms with Gasteiger partial charge in [0.1, 0.15) is 0 Å². The highest BCUT2D eigenvalue weighted by atomic mass is 35.5. The number of aryl methyl sites for hydroxylation is 2. The average Bonchev–Trinajstić information content (AvgIpc) is 2.12. The maximum absolute atomic E-state index is 8.76. The largest absolute Gasteiger partial charge is 0.198 e. The first-order chi connectivity index (χ1) is 6.06. The zero-order valence-electron chi connectivity index (χ0n) is 8.06. The number of nitrogens with zero attached hydrogens (tertiary/aromatic N) is 1. The molecule has 1 nitrogen and oxygen atoms in total. The van der Waals surface area contributed by atoms with Crippen LogP contribution in [0.2, 0.25) is 5.02 Å². The number of halogens is 1. The average molecular weight is 194 g/mol. The van der Waals surface area contributed by atoms with Crippen LogP contribution in [0.1, 0.15) is 29.5 Å².